The smallest absolute Gasteiger partial charge is 0.132 e. The normalized spacial score (nSPS) is 23.8. The topological polar surface area (TPSA) is 42.2 Å². The molecule has 2 N–H and O–H groups in total. The molecule has 2 heterocycles. The highest BCUT2D eigenvalue weighted by Gasteiger charge is 2.24. The number of hydrogen-bond donors (Lipinski definition) is 1. The number of aromatic nitrogens is 1. The van der Waals surface area contributed by atoms with Crippen molar-refractivity contribution >= 4 is 16.7 Å². The van der Waals surface area contributed by atoms with Gasteiger partial charge in [-0.1, -0.05) is 25.1 Å². The molecule has 3 rings (SSSR count). The van der Waals surface area contributed by atoms with Gasteiger partial charge in [0.2, 0.25) is 0 Å². The molecular weight excluding hydrogens is 234 g/mol. The lowest BCUT2D eigenvalue weighted by molar-refractivity contribution is 0.381. The zero-order valence-electron chi connectivity index (χ0n) is 11.6. The SMILES string of the molecule is Cc1cc2ccccc2nc1N1CCC(N)C(C)C1. The summed E-state index contributed by atoms with van der Waals surface area (Å²) in [6.45, 7) is 6.40. The Hall–Kier alpha value is -1.61. The van der Waals surface area contributed by atoms with Crippen molar-refractivity contribution < 1.29 is 0 Å². The highest BCUT2D eigenvalue weighted by Crippen LogP contribution is 2.26. The van der Waals surface area contributed by atoms with Crippen LogP contribution in [0, 0.1) is 12.8 Å². The van der Waals surface area contributed by atoms with Crippen molar-refractivity contribution in [1.29, 1.82) is 0 Å². The van der Waals surface area contributed by atoms with Crippen LogP contribution in [0.5, 0.6) is 0 Å². The van der Waals surface area contributed by atoms with E-state index in [-0.39, 0.29) is 0 Å². The van der Waals surface area contributed by atoms with Crippen molar-refractivity contribution in [3.63, 3.8) is 0 Å². The van der Waals surface area contributed by atoms with E-state index in [4.69, 9.17) is 10.7 Å². The van der Waals surface area contributed by atoms with Crippen molar-refractivity contribution in [3.05, 3.63) is 35.9 Å². The van der Waals surface area contributed by atoms with Gasteiger partial charge in [-0.05, 0) is 37.0 Å². The molecule has 2 atom stereocenters. The Morgan fingerprint density at radius 1 is 1.32 bits per heavy atom. The Labute approximate surface area is 114 Å². The van der Waals surface area contributed by atoms with Gasteiger partial charge in [-0.25, -0.2) is 4.98 Å². The van der Waals surface area contributed by atoms with Gasteiger partial charge >= 0.3 is 0 Å². The third-order valence-corrected chi connectivity index (χ3v) is 4.16. The first-order valence-electron chi connectivity index (χ1n) is 7.02. The summed E-state index contributed by atoms with van der Waals surface area (Å²) in [7, 11) is 0. The summed E-state index contributed by atoms with van der Waals surface area (Å²) in [4.78, 5) is 7.23. The van der Waals surface area contributed by atoms with E-state index >= 15 is 0 Å². The standard InChI is InChI=1S/C16H21N3/c1-11-9-13-5-3-4-6-15(13)18-16(11)19-8-7-14(17)12(2)10-19/h3-6,9,12,14H,7-8,10,17H2,1-2H3. The molecule has 1 aliphatic heterocycles. The number of fused-ring (bicyclic) bond motifs is 1. The van der Waals surface area contributed by atoms with Crippen LogP contribution in [0.15, 0.2) is 30.3 Å². The molecule has 0 aliphatic carbocycles. The Morgan fingerprint density at radius 2 is 2.11 bits per heavy atom. The summed E-state index contributed by atoms with van der Waals surface area (Å²) >= 11 is 0. The molecule has 1 fully saturated rings. The highest BCUT2D eigenvalue weighted by atomic mass is 15.2. The van der Waals surface area contributed by atoms with E-state index in [1.165, 1.54) is 10.9 Å². The minimum atomic E-state index is 0.331. The first kappa shape index (κ1) is 12.4. The van der Waals surface area contributed by atoms with E-state index in [1.54, 1.807) is 0 Å². The maximum atomic E-state index is 6.10. The van der Waals surface area contributed by atoms with Crippen LogP contribution in [-0.2, 0) is 0 Å². The fourth-order valence-electron chi connectivity index (χ4n) is 2.89. The number of benzene rings is 1. The van der Waals surface area contributed by atoms with Crippen LogP contribution in [0.4, 0.5) is 5.82 Å². The molecule has 0 spiro atoms. The van der Waals surface area contributed by atoms with Crippen LogP contribution in [0.1, 0.15) is 18.9 Å². The Bertz CT molecular complexity index is 594. The van der Waals surface area contributed by atoms with Gasteiger partial charge in [0.15, 0.2) is 0 Å². The van der Waals surface area contributed by atoms with E-state index in [0.29, 0.717) is 12.0 Å². The quantitative estimate of drug-likeness (QED) is 0.852. The number of rotatable bonds is 1. The van der Waals surface area contributed by atoms with Gasteiger partial charge in [0.25, 0.3) is 0 Å². The minimum absolute atomic E-state index is 0.331. The van der Waals surface area contributed by atoms with Crippen molar-refractivity contribution in [1.82, 2.24) is 4.98 Å². The van der Waals surface area contributed by atoms with Crippen LogP contribution >= 0.6 is 0 Å². The third kappa shape index (κ3) is 2.30. The third-order valence-electron chi connectivity index (χ3n) is 4.16. The fraction of sp³-hybridized carbons (Fsp3) is 0.438. The van der Waals surface area contributed by atoms with Gasteiger partial charge in [0.1, 0.15) is 5.82 Å². The summed E-state index contributed by atoms with van der Waals surface area (Å²) in [5.74, 6) is 1.65. The average molecular weight is 255 g/mol. The molecule has 3 nitrogen and oxygen atoms in total. The second-order valence-corrected chi connectivity index (χ2v) is 5.70. The van der Waals surface area contributed by atoms with Gasteiger partial charge < -0.3 is 10.6 Å². The van der Waals surface area contributed by atoms with E-state index in [2.05, 4.69) is 43.0 Å². The monoisotopic (exact) mass is 255 g/mol. The van der Waals surface area contributed by atoms with E-state index in [9.17, 15) is 0 Å². The molecule has 1 saturated heterocycles. The largest absolute Gasteiger partial charge is 0.356 e. The summed E-state index contributed by atoms with van der Waals surface area (Å²) in [6.07, 6.45) is 1.05. The van der Waals surface area contributed by atoms with Crippen LogP contribution in [-0.4, -0.2) is 24.1 Å². The molecule has 2 aromatic rings. The van der Waals surface area contributed by atoms with Gasteiger partial charge in [-0.3, -0.25) is 0 Å². The zero-order valence-corrected chi connectivity index (χ0v) is 11.6. The number of nitrogens with zero attached hydrogens (tertiary/aromatic N) is 2. The van der Waals surface area contributed by atoms with Crippen molar-refractivity contribution in [2.24, 2.45) is 11.7 Å². The Morgan fingerprint density at radius 3 is 2.89 bits per heavy atom. The van der Waals surface area contributed by atoms with Gasteiger partial charge in [0, 0.05) is 24.5 Å². The molecule has 19 heavy (non-hydrogen) atoms. The Balaban J connectivity index is 1.98. The molecule has 1 aromatic carbocycles. The molecular formula is C16H21N3. The summed E-state index contributed by atoms with van der Waals surface area (Å²) in [5.41, 5.74) is 8.43. The molecule has 3 heteroatoms. The van der Waals surface area contributed by atoms with Gasteiger partial charge in [-0.15, -0.1) is 0 Å². The number of para-hydroxylation sites is 1. The fourth-order valence-corrected chi connectivity index (χ4v) is 2.89. The summed E-state index contributed by atoms with van der Waals surface area (Å²) in [6, 6.07) is 10.9. The first-order chi connectivity index (χ1) is 9.15. The second kappa shape index (κ2) is 4.82. The Kier molecular flexibility index (Phi) is 3.15. The van der Waals surface area contributed by atoms with Crippen LogP contribution in [0.2, 0.25) is 0 Å². The maximum absolute atomic E-state index is 6.10. The number of piperidine rings is 1. The lowest BCUT2D eigenvalue weighted by atomic mass is 9.94. The zero-order chi connectivity index (χ0) is 13.4. The lowest BCUT2D eigenvalue weighted by Crippen LogP contribution is -2.46. The number of aryl methyl sites for hydroxylation is 1. The second-order valence-electron chi connectivity index (χ2n) is 5.70. The van der Waals surface area contributed by atoms with Crippen LogP contribution in [0.3, 0.4) is 0 Å². The molecule has 0 bridgehead atoms. The predicted octanol–water partition coefficient (Wildman–Crippen LogP) is 2.72. The number of hydrogen-bond acceptors (Lipinski definition) is 3. The van der Waals surface area contributed by atoms with Gasteiger partial charge in [-0.2, -0.15) is 0 Å². The van der Waals surface area contributed by atoms with E-state index in [1.807, 2.05) is 6.07 Å². The lowest BCUT2D eigenvalue weighted by Gasteiger charge is -2.36. The van der Waals surface area contributed by atoms with Crippen LogP contribution in [0.25, 0.3) is 10.9 Å². The number of anilines is 1. The van der Waals surface area contributed by atoms with E-state index in [0.717, 1.165) is 30.8 Å². The van der Waals surface area contributed by atoms with Crippen molar-refractivity contribution in [2.45, 2.75) is 26.3 Å². The minimum Gasteiger partial charge on any atom is -0.356 e. The molecule has 0 radical (unpaired) electrons. The van der Waals surface area contributed by atoms with Crippen molar-refractivity contribution in [3.8, 4) is 0 Å². The van der Waals surface area contributed by atoms with Crippen LogP contribution < -0.4 is 10.6 Å². The van der Waals surface area contributed by atoms with E-state index < -0.39 is 0 Å². The predicted molar refractivity (Wildman–Crippen MR) is 80.4 cm³/mol. The number of pyridine rings is 1. The summed E-state index contributed by atoms with van der Waals surface area (Å²) < 4.78 is 0. The van der Waals surface area contributed by atoms with Gasteiger partial charge in [0.05, 0.1) is 5.52 Å². The number of nitrogens with two attached hydrogens (primary N) is 1. The summed E-state index contributed by atoms with van der Waals surface area (Å²) in [5, 5.41) is 1.21. The van der Waals surface area contributed by atoms with Crippen molar-refractivity contribution in [2.75, 3.05) is 18.0 Å². The molecule has 2 unspecified atom stereocenters. The first-order valence-corrected chi connectivity index (χ1v) is 7.02. The molecule has 0 saturated carbocycles. The molecule has 0 amide bonds. The maximum Gasteiger partial charge on any atom is 0.132 e. The molecule has 100 valence electrons. The molecule has 1 aliphatic rings. The average Bonchev–Trinajstić information content (AvgIpc) is 2.41. The molecule has 1 aromatic heterocycles. The highest BCUT2D eigenvalue weighted by molar-refractivity contribution is 5.81.